The summed E-state index contributed by atoms with van der Waals surface area (Å²) in [6.07, 6.45) is 6.43. The van der Waals surface area contributed by atoms with E-state index in [-0.39, 0.29) is 0 Å². The van der Waals surface area contributed by atoms with Gasteiger partial charge in [0.05, 0.1) is 0 Å². The van der Waals surface area contributed by atoms with E-state index in [9.17, 15) is 0 Å². The number of benzene rings is 1. The molecule has 0 aliphatic rings. The molecule has 1 atom stereocenters. The lowest BCUT2D eigenvalue weighted by atomic mass is 10.0. The van der Waals surface area contributed by atoms with Gasteiger partial charge in [0.2, 0.25) is 0 Å². The van der Waals surface area contributed by atoms with Crippen LogP contribution in [0.4, 0.5) is 0 Å². The zero-order valence-corrected chi connectivity index (χ0v) is 14.3. The fraction of sp³-hybridized carbons (Fsp3) is 0.684. The first-order valence-corrected chi connectivity index (χ1v) is 8.82. The SMILES string of the molecule is CCCCCC(NCCN(CC)CCC)c1ccccc1. The Morgan fingerprint density at radius 3 is 2.33 bits per heavy atom. The molecule has 0 spiro atoms. The molecule has 0 aliphatic heterocycles. The molecule has 0 saturated carbocycles. The van der Waals surface area contributed by atoms with Crippen molar-refractivity contribution >= 4 is 0 Å². The van der Waals surface area contributed by atoms with Gasteiger partial charge in [-0.3, -0.25) is 0 Å². The first-order valence-electron chi connectivity index (χ1n) is 8.82. The lowest BCUT2D eigenvalue weighted by Crippen LogP contribution is -2.34. The molecular formula is C19H34N2. The summed E-state index contributed by atoms with van der Waals surface area (Å²) in [5.41, 5.74) is 1.44. The third-order valence-corrected chi connectivity index (χ3v) is 4.10. The zero-order chi connectivity index (χ0) is 15.3. The van der Waals surface area contributed by atoms with Crippen molar-refractivity contribution in [3.63, 3.8) is 0 Å². The van der Waals surface area contributed by atoms with Crippen molar-refractivity contribution in [3.8, 4) is 0 Å². The van der Waals surface area contributed by atoms with Crippen molar-refractivity contribution in [2.45, 2.75) is 58.9 Å². The van der Waals surface area contributed by atoms with Crippen LogP contribution in [0.3, 0.4) is 0 Å². The second-order valence-electron chi connectivity index (χ2n) is 5.85. The van der Waals surface area contributed by atoms with Crippen LogP contribution >= 0.6 is 0 Å². The van der Waals surface area contributed by atoms with E-state index in [0.717, 1.165) is 19.6 Å². The third-order valence-electron chi connectivity index (χ3n) is 4.10. The molecule has 0 bridgehead atoms. The fourth-order valence-corrected chi connectivity index (χ4v) is 2.81. The van der Waals surface area contributed by atoms with Gasteiger partial charge in [0, 0.05) is 19.1 Å². The average Bonchev–Trinajstić information content (AvgIpc) is 2.53. The van der Waals surface area contributed by atoms with Gasteiger partial charge >= 0.3 is 0 Å². The molecule has 0 fully saturated rings. The van der Waals surface area contributed by atoms with E-state index in [4.69, 9.17) is 0 Å². The standard InChI is InChI=1S/C19H34N2/c1-4-7-9-14-19(18-12-10-8-11-13-18)20-15-17-21(6-3)16-5-2/h8,10-13,19-20H,4-7,9,14-17H2,1-3H3. The highest BCUT2D eigenvalue weighted by atomic mass is 15.1. The van der Waals surface area contributed by atoms with Crippen LogP contribution in [-0.2, 0) is 0 Å². The van der Waals surface area contributed by atoms with Gasteiger partial charge in [-0.05, 0) is 31.5 Å². The molecule has 1 rings (SSSR count). The predicted octanol–water partition coefficient (Wildman–Crippen LogP) is 4.63. The monoisotopic (exact) mass is 290 g/mol. The Kier molecular flexibility index (Phi) is 10.2. The van der Waals surface area contributed by atoms with Gasteiger partial charge in [-0.1, -0.05) is 70.4 Å². The van der Waals surface area contributed by atoms with Gasteiger partial charge < -0.3 is 10.2 Å². The Hall–Kier alpha value is -0.860. The number of unbranched alkanes of at least 4 members (excludes halogenated alkanes) is 2. The predicted molar refractivity (Wildman–Crippen MR) is 93.7 cm³/mol. The van der Waals surface area contributed by atoms with Gasteiger partial charge in [-0.15, -0.1) is 0 Å². The normalized spacial score (nSPS) is 12.8. The van der Waals surface area contributed by atoms with E-state index in [1.807, 2.05) is 0 Å². The van der Waals surface area contributed by atoms with Gasteiger partial charge in [0.15, 0.2) is 0 Å². The molecule has 1 unspecified atom stereocenters. The van der Waals surface area contributed by atoms with Crippen molar-refractivity contribution < 1.29 is 0 Å². The molecular weight excluding hydrogens is 256 g/mol. The summed E-state index contributed by atoms with van der Waals surface area (Å²) in [6.45, 7) is 11.4. The maximum absolute atomic E-state index is 3.78. The van der Waals surface area contributed by atoms with Crippen molar-refractivity contribution in [3.05, 3.63) is 35.9 Å². The van der Waals surface area contributed by atoms with E-state index in [2.05, 4.69) is 61.3 Å². The van der Waals surface area contributed by atoms with Crippen molar-refractivity contribution in [2.75, 3.05) is 26.2 Å². The van der Waals surface area contributed by atoms with Crippen LogP contribution in [0.1, 0.15) is 64.5 Å². The molecule has 0 aromatic heterocycles. The Morgan fingerprint density at radius 2 is 1.71 bits per heavy atom. The molecule has 1 N–H and O–H groups in total. The number of nitrogens with zero attached hydrogens (tertiary/aromatic N) is 1. The summed E-state index contributed by atoms with van der Waals surface area (Å²) in [6, 6.07) is 11.4. The van der Waals surface area contributed by atoms with E-state index in [0.29, 0.717) is 6.04 Å². The maximum atomic E-state index is 3.78. The van der Waals surface area contributed by atoms with Gasteiger partial charge in [-0.2, -0.15) is 0 Å². The molecule has 0 aliphatic carbocycles. The van der Waals surface area contributed by atoms with E-state index < -0.39 is 0 Å². The summed E-state index contributed by atoms with van der Waals surface area (Å²) in [5, 5.41) is 3.78. The summed E-state index contributed by atoms with van der Waals surface area (Å²) >= 11 is 0. The van der Waals surface area contributed by atoms with E-state index in [1.54, 1.807) is 0 Å². The largest absolute Gasteiger partial charge is 0.309 e. The summed E-state index contributed by atoms with van der Waals surface area (Å²) in [5.74, 6) is 0. The van der Waals surface area contributed by atoms with Gasteiger partial charge in [-0.25, -0.2) is 0 Å². The first-order chi connectivity index (χ1) is 10.3. The third kappa shape index (κ3) is 7.63. The highest BCUT2D eigenvalue weighted by Crippen LogP contribution is 2.19. The number of rotatable bonds is 12. The minimum Gasteiger partial charge on any atom is -0.309 e. The lowest BCUT2D eigenvalue weighted by Gasteiger charge is -2.23. The molecule has 120 valence electrons. The van der Waals surface area contributed by atoms with Gasteiger partial charge in [0.1, 0.15) is 0 Å². The Balaban J connectivity index is 2.45. The summed E-state index contributed by atoms with van der Waals surface area (Å²) in [7, 11) is 0. The molecule has 0 heterocycles. The van der Waals surface area contributed by atoms with Crippen LogP contribution in [-0.4, -0.2) is 31.1 Å². The van der Waals surface area contributed by atoms with Crippen LogP contribution in [0.25, 0.3) is 0 Å². The Morgan fingerprint density at radius 1 is 0.952 bits per heavy atom. The molecule has 0 saturated heterocycles. The van der Waals surface area contributed by atoms with Crippen molar-refractivity contribution in [1.29, 1.82) is 0 Å². The minimum absolute atomic E-state index is 0.512. The van der Waals surface area contributed by atoms with E-state index in [1.165, 1.54) is 44.2 Å². The minimum atomic E-state index is 0.512. The van der Waals surface area contributed by atoms with Crippen LogP contribution in [0.15, 0.2) is 30.3 Å². The van der Waals surface area contributed by atoms with Crippen LogP contribution in [0.5, 0.6) is 0 Å². The molecule has 1 aromatic carbocycles. The maximum Gasteiger partial charge on any atom is 0.0320 e. The molecule has 0 amide bonds. The number of hydrogen-bond donors (Lipinski definition) is 1. The zero-order valence-electron chi connectivity index (χ0n) is 14.3. The van der Waals surface area contributed by atoms with Crippen molar-refractivity contribution in [2.24, 2.45) is 0 Å². The summed E-state index contributed by atoms with van der Waals surface area (Å²) < 4.78 is 0. The molecule has 2 heteroatoms. The fourth-order valence-electron chi connectivity index (χ4n) is 2.81. The quantitative estimate of drug-likeness (QED) is 0.565. The Labute approximate surface area is 131 Å². The van der Waals surface area contributed by atoms with Crippen LogP contribution < -0.4 is 5.32 Å². The Bertz CT molecular complexity index is 337. The molecule has 2 nitrogen and oxygen atoms in total. The number of hydrogen-bond acceptors (Lipinski definition) is 2. The van der Waals surface area contributed by atoms with Gasteiger partial charge in [0.25, 0.3) is 0 Å². The van der Waals surface area contributed by atoms with Crippen molar-refractivity contribution in [1.82, 2.24) is 10.2 Å². The number of likely N-dealkylation sites (N-methyl/N-ethyl adjacent to an activating group) is 1. The average molecular weight is 290 g/mol. The van der Waals surface area contributed by atoms with E-state index >= 15 is 0 Å². The molecule has 0 radical (unpaired) electrons. The second kappa shape index (κ2) is 11.8. The molecule has 21 heavy (non-hydrogen) atoms. The summed E-state index contributed by atoms with van der Waals surface area (Å²) in [4.78, 5) is 2.53. The molecule has 1 aromatic rings. The lowest BCUT2D eigenvalue weighted by molar-refractivity contribution is 0.280. The second-order valence-corrected chi connectivity index (χ2v) is 5.85. The topological polar surface area (TPSA) is 15.3 Å². The van der Waals surface area contributed by atoms with Crippen LogP contribution in [0.2, 0.25) is 0 Å². The highest BCUT2D eigenvalue weighted by molar-refractivity contribution is 5.18. The smallest absolute Gasteiger partial charge is 0.0320 e. The van der Waals surface area contributed by atoms with Crippen LogP contribution in [0, 0.1) is 0 Å². The first kappa shape index (κ1) is 18.2. The number of nitrogens with one attached hydrogen (secondary N) is 1. The highest BCUT2D eigenvalue weighted by Gasteiger charge is 2.10.